The average molecular weight is 847 g/mol. The lowest BCUT2D eigenvalue weighted by molar-refractivity contribution is 1.17. The number of benzene rings is 9. The van der Waals surface area contributed by atoms with Crippen molar-refractivity contribution in [2.24, 2.45) is 0 Å². The fourth-order valence-electron chi connectivity index (χ4n) is 10.1. The van der Waals surface area contributed by atoms with E-state index in [2.05, 4.69) is 243 Å². The molecule has 3 aromatic heterocycles. The van der Waals surface area contributed by atoms with Crippen LogP contribution in [-0.4, -0.2) is 19.1 Å². The molecule has 3 heterocycles. The van der Waals surface area contributed by atoms with Crippen LogP contribution < -0.4 is 0 Å². The van der Waals surface area contributed by atoms with E-state index < -0.39 is 0 Å². The number of para-hydroxylation sites is 3. The number of hydrogen-bond acceptors (Lipinski definition) is 2. The van der Waals surface area contributed by atoms with Gasteiger partial charge in [0.25, 0.3) is 0 Å². The second kappa shape index (κ2) is 15.7. The summed E-state index contributed by atoms with van der Waals surface area (Å²) in [4.78, 5) is 10.3. The minimum atomic E-state index is 0.731. The zero-order valence-corrected chi connectivity index (χ0v) is 37.4. The normalized spacial score (nSPS) is 11.6. The first-order valence-corrected chi connectivity index (χ1v) is 22.7. The molecule has 0 bridgehead atoms. The molecule has 66 heavy (non-hydrogen) atoms. The molecular formula is C62H46N4. The number of aromatic nitrogens is 4. The molecule has 0 saturated carbocycles. The second-order valence-corrected chi connectivity index (χ2v) is 17.7. The van der Waals surface area contributed by atoms with Gasteiger partial charge in [-0.05, 0) is 116 Å². The first-order valence-electron chi connectivity index (χ1n) is 22.7. The average Bonchev–Trinajstić information content (AvgIpc) is 3.87. The molecular weight excluding hydrogens is 801 g/mol. The lowest BCUT2D eigenvalue weighted by Gasteiger charge is -2.15. The van der Waals surface area contributed by atoms with Crippen LogP contribution in [0.25, 0.3) is 111 Å². The predicted molar refractivity (Wildman–Crippen MR) is 277 cm³/mol. The maximum atomic E-state index is 5.19. The fraction of sp³-hybridized carbons (Fsp3) is 0.0645. The highest BCUT2D eigenvalue weighted by Crippen LogP contribution is 2.39. The zero-order valence-electron chi connectivity index (χ0n) is 37.4. The van der Waals surface area contributed by atoms with Crippen LogP contribution in [0, 0.1) is 27.7 Å². The summed E-state index contributed by atoms with van der Waals surface area (Å²) in [6.45, 7) is 8.61. The number of rotatable bonds is 7. The van der Waals surface area contributed by atoms with Crippen molar-refractivity contribution in [3.63, 3.8) is 0 Å². The van der Waals surface area contributed by atoms with Crippen LogP contribution in [0.3, 0.4) is 0 Å². The topological polar surface area (TPSA) is 35.6 Å². The molecule has 4 nitrogen and oxygen atoms in total. The van der Waals surface area contributed by atoms with Gasteiger partial charge in [-0.3, -0.25) is 0 Å². The SMILES string of the molecule is Cc1ccc(-c2cc(-c3c(C)cc(-c4ccc(-c5ccc(-n6c7ccccc7c7cc(-n8c9ccccc9c9ccccc98)ccc76)cc5)cc4)cc3C)nc(-c3ccc(C)cc3)n2)cc1. The molecule has 0 aliphatic heterocycles. The molecule has 12 rings (SSSR count). The highest BCUT2D eigenvalue weighted by Gasteiger charge is 2.18. The summed E-state index contributed by atoms with van der Waals surface area (Å²) in [6, 6.07) is 74.9. The van der Waals surface area contributed by atoms with Crippen LogP contribution in [0.1, 0.15) is 22.3 Å². The number of hydrogen-bond donors (Lipinski definition) is 0. The third kappa shape index (κ3) is 6.69. The summed E-state index contributed by atoms with van der Waals surface area (Å²) in [5.74, 6) is 0.731. The Bertz CT molecular complexity index is 3670. The zero-order chi connectivity index (χ0) is 44.5. The summed E-state index contributed by atoms with van der Waals surface area (Å²) in [5, 5.41) is 5.01. The summed E-state index contributed by atoms with van der Waals surface area (Å²) in [7, 11) is 0. The molecule has 0 radical (unpaired) electrons. The van der Waals surface area contributed by atoms with E-state index in [-0.39, 0.29) is 0 Å². The molecule has 0 atom stereocenters. The van der Waals surface area contributed by atoms with Crippen molar-refractivity contribution in [2.75, 3.05) is 0 Å². The van der Waals surface area contributed by atoms with E-state index in [4.69, 9.17) is 9.97 Å². The Labute approximate surface area is 384 Å². The largest absolute Gasteiger partial charge is 0.309 e. The van der Waals surface area contributed by atoms with Gasteiger partial charge in [0.1, 0.15) is 0 Å². The molecule has 0 N–H and O–H groups in total. The maximum Gasteiger partial charge on any atom is 0.160 e. The Morgan fingerprint density at radius 3 is 1.27 bits per heavy atom. The monoisotopic (exact) mass is 846 g/mol. The Balaban J connectivity index is 0.855. The van der Waals surface area contributed by atoms with Crippen molar-refractivity contribution in [2.45, 2.75) is 27.7 Å². The van der Waals surface area contributed by atoms with Crippen LogP contribution >= 0.6 is 0 Å². The van der Waals surface area contributed by atoms with Gasteiger partial charge in [0.15, 0.2) is 5.82 Å². The maximum absolute atomic E-state index is 5.19. The number of aryl methyl sites for hydroxylation is 4. The standard InChI is InChI=1S/C62H46N4/c1-39-17-21-46(22-18-39)55-38-56(64-62(63-55)47-23-19-40(2)20-24-47)61-41(3)35-48(36-42(61)4)45-27-25-43(26-28-45)44-29-31-49(32-30-44)65-59-16-10-7-13-53(59)54-37-50(33-34-60(54)65)66-57-14-8-5-11-51(57)52-12-6-9-15-58(52)66/h5-38H,1-4H3. The van der Waals surface area contributed by atoms with Crippen molar-refractivity contribution in [1.29, 1.82) is 0 Å². The van der Waals surface area contributed by atoms with Crippen LogP contribution in [0.15, 0.2) is 206 Å². The van der Waals surface area contributed by atoms with Crippen molar-refractivity contribution >= 4 is 43.6 Å². The van der Waals surface area contributed by atoms with Crippen molar-refractivity contribution in [3.8, 4) is 67.5 Å². The van der Waals surface area contributed by atoms with Gasteiger partial charge in [0.05, 0.1) is 33.5 Å². The number of nitrogens with zero attached hydrogens (tertiary/aromatic N) is 4. The third-order valence-corrected chi connectivity index (χ3v) is 13.3. The van der Waals surface area contributed by atoms with Crippen LogP contribution in [0.4, 0.5) is 0 Å². The predicted octanol–water partition coefficient (Wildman–Crippen LogP) is 16.2. The fourth-order valence-corrected chi connectivity index (χ4v) is 10.1. The lowest BCUT2D eigenvalue weighted by Crippen LogP contribution is -1.99. The van der Waals surface area contributed by atoms with Gasteiger partial charge >= 0.3 is 0 Å². The first kappa shape index (κ1) is 39.3. The Morgan fingerprint density at radius 1 is 0.303 bits per heavy atom. The van der Waals surface area contributed by atoms with Gasteiger partial charge in [-0.15, -0.1) is 0 Å². The number of fused-ring (bicyclic) bond motifs is 6. The van der Waals surface area contributed by atoms with Gasteiger partial charge in [-0.1, -0.05) is 163 Å². The Morgan fingerprint density at radius 2 is 0.712 bits per heavy atom. The molecule has 0 unspecified atom stereocenters. The third-order valence-electron chi connectivity index (χ3n) is 13.3. The second-order valence-electron chi connectivity index (χ2n) is 17.7. The molecule has 0 fully saturated rings. The highest BCUT2D eigenvalue weighted by molar-refractivity contribution is 6.12. The molecule has 0 spiro atoms. The van der Waals surface area contributed by atoms with E-state index in [1.165, 1.54) is 88.1 Å². The van der Waals surface area contributed by atoms with Gasteiger partial charge in [-0.2, -0.15) is 0 Å². The van der Waals surface area contributed by atoms with Crippen LogP contribution in [0.5, 0.6) is 0 Å². The molecule has 0 saturated heterocycles. The minimum absolute atomic E-state index is 0.731. The molecule has 0 aliphatic rings. The van der Waals surface area contributed by atoms with Crippen LogP contribution in [0.2, 0.25) is 0 Å². The summed E-state index contributed by atoms with van der Waals surface area (Å²) < 4.78 is 4.80. The van der Waals surface area contributed by atoms with E-state index in [9.17, 15) is 0 Å². The molecule has 314 valence electrons. The van der Waals surface area contributed by atoms with E-state index in [1.54, 1.807) is 0 Å². The molecule has 9 aromatic carbocycles. The van der Waals surface area contributed by atoms with E-state index >= 15 is 0 Å². The van der Waals surface area contributed by atoms with Crippen molar-refractivity contribution in [1.82, 2.24) is 19.1 Å². The Hall–Kier alpha value is -8.34. The minimum Gasteiger partial charge on any atom is -0.309 e. The van der Waals surface area contributed by atoms with Crippen LogP contribution in [-0.2, 0) is 0 Å². The molecule has 4 heteroatoms. The van der Waals surface area contributed by atoms with Gasteiger partial charge < -0.3 is 9.13 Å². The lowest BCUT2D eigenvalue weighted by atomic mass is 9.92. The molecule has 12 aromatic rings. The van der Waals surface area contributed by atoms with E-state index in [1.807, 2.05) is 0 Å². The molecule has 0 amide bonds. The first-order chi connectivity index (χ1) is 32.3. The van der Waals surface area contributed by atoms with E-state index in [0.717, 1.165) is 45.3 Å². The van der Waals surface area contributed by atoms with Gasteiger partial charge in [0, 0.05) is 49.6 Å². The summed E-state index contributed by atoms with van der Waals surface area (Å²) in [5.41, 5.74) is 21.7. The van der Waals surface area contributed by atoms with Gasteiger partial charge in [0.2, 0.25) is 0 Å². The summed E-state index contributed by atoms with van der Waals surface area (Å²) in [6.07, 6.45) is 0. The quantitative estimate of drug-likeness (QED) is 0.160. The van der Waals surface area contributed by atoms with E-state index in [0.29, 0.717) is 0 Å². The molecule has 0 aliphatic carbocycles. The smallest absolute Gasteiger partial charge is 0.160 e. The van der Waals surface area contributed by atoms with Gasteiger partial charge in [-0.25, -0.2) is 9.97 Å². The van der Waals surface area contributed by atoms with Crippen molar-refractivity contribution < 1.29 is 0 Å². The Kier molecular flexibility index (Phi) is 9.35. The van der Waals surface area contributed by atoms with Crippen molar-refractivity contribution in [3.05, 3.63) is 229 Å². The highest BCUT2D eigenvalue weighted by atomic mass is 15.0. The summed E-state index contributed by atoms with van der Waals surface area (Å²) >= 11 is 0.